The van der Waals surface area contributed by atoms with Gasteiger partial charge < -0.3 is 14.8 Å². The molecule has 3 nitrogen and oxygen atoms in total. The van der Waals surface area contributed by atoms with Crippen molar-refractivity contribution < 1.29 is 9.90 Å². The zero-order valence-corrected chi connectivity index (χ0v) is 15.6. The van der Waals surface area contributed by atoms with Crippen molar-refractivity contribution in [1.82, 2.24) is 0 Å². The number of carboxylic acids is 1. The number of benzene rings is 2. The van der Waals surface area contributed by atoms with Gasteiger partial charge in [-0.2, -0.15) is 0 Å². The van der Waals surface area contributed by atoms with Gasteiger partial charge in [-0.1, -0.05) is 54.6 Å². The third kappa shape index (κ3) is 2.13. The summed E-state index contributed by atoms with van der Waals surface area (Å²) in [5.74, 6) is 0.498. The lowest BCUT2D eigenvalue weighted by atomic mass is 9.70. The molecule has 0 aromatic heterocycles. The van der Waals surface area contributed by atoms with E-state index in [1.807, 2.05) is 12.1 Å². The predicted molar refractivity (Wildman–Crippen MR) is 107 cm³/mol. The van der Waals surface area contributed by atoms with Crippen molar-refractivity contribution in [2.75, 3.05) is 11.4 Å². The molecule has 6 rings (SSSR count). The maximum Gasteiger partial charge on any atom is 0.0715 e. The number of hydrogen-bond acceptors (Lipinski definition) is 3. The second-order valence-corrected chi connectivity index (χ2v) is 8.60. The number of aromatic carboxylic acids is 1. The number of carboxylic acid groups (broad SMARTS) is 1. The standard InChI is InChI=1S/C25H23NO2/c27-25(28)17-12-21-18-9-4-8-16(18)14-26-23(15-6-2-1-3-7-15)20-11-5-10-19(20)22(13-17)24(21)26/h1-7,9-10,12-13,16,18-20,23H,8,11,14H2,(H,27,28)/p-1/t16-,18-,19+,20-,23+/m1/s1. The minimum Gasteiger partial charge on any atom is -0.545 e. The molecule has 0 unspecified atom stereocenters. The Morgan fingerprint density at radius 3 is 2.46 bits per heavy atom. The lowest BCUT2D eigenvalue weighted by Crippen LogP contribution is -2.46. The first-order chi connectivity index (χ1) is 13.7. The molecule has 2 aromatic carbocycles. The summed E-state index contributed by atoms with van der Waals surface area (Å²) >= 11 is 0. The van der Waals surface area contributed by atoms with Crippen LogP contribution in [0.15, 0.2) is 66.8 Å². The molecule has 2 aliphatic carbocycles. The number of hydrogen-bond donors (Lipinski definition) is 0. The first-order valence-corrected chi connectivity index (χ1v) is 10.3. The second-order valence-electron chi connectivity index (χ2n) is 8.60. The van der Waals surface area contributed by atoms with Crippen LogP contribution < -0.4 is 10.0 Å². The van der Waals surface area contributed by atoms with Crippen molar-refractivity contribution >= 4 is 11.7 Å². The van der Waals surface area contributed by atoms with Crippen molar-refractivity contribution in [2.45, 2.75) is 30.7 Å². The molecule has 3 heteroatoms. The van der Waals surface area contributed by atoms with E-state index in [0.29, 0.717) is 29.4 Å². The van der Waals surface area contributed by atoms with Gasteiger partial charge in [-0.3, -0.25) is 0 Å². The van der Waals surface area contributed by atoms with Crippen molar-refractivity contribution in [2.24, 2.45) is 11.8 Å². The third-order valence-corrected chi connectivity index (χ3v) is 7.23. The number of carbonyl (C=O) groups is 1. The van der Waals surface area contributed by atoms with E-state index >= 15 is 0 Å². The molecule has 0 fully saturated rings. The maximum absolute atomic E-state index is 11.8. The van der Waals surface area contributed by atoms with E-state index in [1.54, 1.807) is 0 Å². The van der Waals surface area contributed by atoms with E-state index in [1.165, 1.54) is 22.4 Å². The van der Waals surface area contributed by atoms with Crippen molar-refractivity contribution in [3.8, 4) is 0 Å². The molecule has 2 aromatic rings. The summed E-state index contributed by atoms with van der Waals surface area (Å²) in [5, 5.41) is 11.8. The summed E-state index contributed by atoms with van der Waals surface area (Å²) in [5.41, 5.74) is 5.33. The highest BCUT2D eigenvalue weighted by molar-refractivity contribution is 5.89. The molecule has 0 amide bonds. The summed E-state index contributed by atoms with van der Waals surface area (Å²) in [4.78, 5) is 14.4. The van der Waals surface area contributed by atoms with Crippen LogP contribution in [-0.4, -0.2) is 12.5 Å². The molecule has 4 aliphatic rings. The molecule has 5 atom stereocenters. The van der Waals surface area contributed by atoms with Gasteiger partial charge in [0.1, 0.15) is 0 Å². The Balaban J connectivity index is 1.61. The topological polar surface area (TPSA) is 43.4 Å². The molecular formula is C25H22NO2-. The van der Waals surface area contributed by atoms with Crippen molar-refractivity contribution in [1.29, 1.82) is 0 Å². The summed E-state index contributed by atoms with van der Waals surface area (Å²) in [7, 11) is 0. The zero-order valence-electron chi connectivity index (χ0n) is 15.6. The fourth-order valence-electron chi connectivity index (χ4n) is 6.12. The number of nitrogens with zero attached hydrogens (tertiary/aromatic N) is 1. The highest BCUT2D eigenvalue weighted by Crippen LogP contribution is 2.58. The van der Waals surface area contributed by atoms with E-state index in [2.05, 4.69) is 59.5 Å². The Bertz CT molecular complexity index is 1010. The van der Waals surface area contributed by atoms with Gasteiger partial charge in [0.2, 0.25) is 0 Å². The highest BCUT2D eigenvalue weighted by Gasteiger charge is 2.47. The van der Waals surface area contributed by atoms with Gasteiger partial charge in [-0.15, -0.1) is 0 Å². The van der Waals surface area contributed by atoms with Gasteiger partial charge >= 0.3 is 0 Å². The number of anilines is 1. The first-order valence-electron chi connectivity index (χ1n) is 10.3. The number of fused-ring (bicyclic) bond motifs is 4. The van der Waals surface area contributed by atoms with Crippen molar-refractivity contribution in [3.05, 3.63) is 89.0 Å². The molecule has 0 saturated carbocycles. The van der Waals surface area contributed by atoms with Gasteiger partial charge in [0.25, 0.3) is 0 Å². The van der Waals surface area contributed by atoms with E-state index in [4.69, 9.17) is 0 Å². The Kier molecular flexibility index (Phi) is 3.37. The molecule has 2 aliphatic heterocycles. The summed E-state index contributed by atoms with van der Waals surface area (Å²) < 4.78 is 0. The van der Waals surface area contributed by atoms with Gasteiger partial charge in [0.15, 0.2) is 0 Å². The lowest BCUT2D eigenvalue weighted by molar-refractivity contribution is -0.255. The van der Waals surface area contributed by atoms with E-state index in [9.17, 15) is 9.90 Å². The predicted octanol–water partition coefficient (Wildman–Crippen LogP) is 3.94. The van der Waals surface area contributed by atoms with Crippen LogP contribution in [0.4, 0.5) is 5.69 Å². The van der Waals surface area contributed by atoms with Gasteiger partial charge in [0, 0.05) is 24.1 Å². The van der Waals surface area contributed by atoms with Crippen LogP contribution in [0.2, 0.25) is 0 Å². The molecule has 0 saturated heterocycles. The molecule has 0 bridgehead atoms. The first kappa shape index (κ1) is 16.2. The highest BCUT2D eigenvalue weighted by atomic mass is 16.4. The zero-order chi connectivity index (χ0) is 18.8. The van der Waals surface area contributed by atoms with E-state index in [-0.39, 0.29) is 5.92 Å². The van der Waals surface area contributed by atoms with Crippen LogP contribution >= 0.6 is 0 Å². The Morgan fingerprint density at radius 2 is 1.68 bits per heavy atom. The Labute approximate surface area is 165 Å². The molecule has 140 valence electrons. The van der Waals surface area contributed by atoms with Crippen LogP contribution in [0.25, 0.3) is 0 Å². The van der Waals surface area contributed by atoms with Gasteiger partial charge in [-0.25, -0.2) is 0 Å². The summed E-state index contributed by atoms with van der Waals surface area (Å²) in [6.07, 6.45) is 11.2. The normalized spacial score (nSPS) is 31.4. The van der Waals surface area contributed by atoms with E-state index < -0.39 is 5.97 Å². The minimum atomic E-state index is -1.07. The molecule has 0 radical (unpaired) electrons. The number of carbonyl (C=O) groups excluding carboxylic acids is 1. The largest absolute Gasteiger partial charge is 0.545 e. The smallest absolute Gasteiger partial charge is 0.0715 e. The molecule has 0 N–H and O–H groups in total. The van der Waals surface area contributed by atoms with Crippen molar-refractivity contribution in [3.63, 3.8) is 0 Å². The van der Waals surface area contributed by atoms with Gasteiger partial charge in [-0.05, 0) is 59.1 Å². The minimum absolute atomic E-state index is 0.274. The van der Waals surface area contributed by atoms with Crippen LogP contribution in [0.3, 0.4) is 0 Å². The van der Waals surface area contributed by atoms with E-state index in [0.717, 1.165) is 19.4 Å². The Hall–Kier alpha value is -2.81. The average molecular weight is 368 g/mol. The number of rotatable bonds is 2. The fraction of sp³-hybridized carbons (Fsp3) is 0.320. The molecule has 0 spiro atoms. The van der Waals surface area contributed by atoms with Crippen LogP contribution in [-0.2, 0) is 0 Å². The molecule has 28 heavy (non-hydrogen) atoms. The lowest BCUT2D eigenvalue weighted by Gasteiger charge is -2.51. The third-order valence-electron chi connectivity index (χ3n) is 7.23. The second kappa shape index (κ2) is 5.84. The van der Waals surface area contributed by atoms with Crippen LogP contribution in [0.1, 0.15) is 57.8 Å². The average Bonchev–Trinajstić information content (AvgIpc) is 3.38. The Morgan fingerprint density at radius 1 is 0.964 bits per heavy atom. The summed E-state index contributed by atoms with van der Waals surface area (Å²) in [6.45, 7) is 1.03. The van der Waals surface area contributed by atoms with Crippen LogP contribution in [0.5, 0.6) is 0 Å². The van der Waals surface area contributed by atoms with Crippen LogP contribution in [0, 0.1) is 11.8 Å². The monoisotopic (exact) mass is 368 g/mol. The molecular weight excluding hydrogens is 346 g/mol. The van der Waals surface area contributed by atoms with Gasteiger partial charge in [0.05, 0.1) is 12.0 Å². The molecule has 2 heterocycles. The number of allylic oxidation sites excluding steroid dienone is 4. The maximum atomic E-state index is 11.8. The quantitative estimate of drug-likeness (QED) is 0.754. The fourth-order valence-corrected chi connectivity index (χ4v) is 6.12. The SMILES string of the molecule is O=C([O-])c1cc2c3c(c1)[C@@H]1C=CC[C@@H]1CN3[C@@H](c1ccccc1)[C@@H]1CC=C[C@H]21. The summed E-state index contributed by atoms with van der Waals surface area (Å²) in [6, 6.07) is 14.9.